The molecule has 1 aliphatic carbocycles. The van der Waals surface area contributed by atoms with Gasteiger partial charge in [0.2, 0.25) is 0 Å². The quantitative estimate of drug-likeness (QED) is 0.786. The van der Waals surface area contributed by atoms with Crippen molar-refractivity contribution in [1.82, 2.24) is 25.3 Å². The van der Waals surface area contributed by atoms with Crippen LogP contribution in [-0.4, -0.2) is 25.3 Å². The van der Waals surface area contributed by atoms with E-state index >= 15 is 0 Å². The van der Waals surface area contributed by atoms with Gasteiger partial charge in [-0.3, -0.25) is 0 Å². The van der Waals surface area contributed by atoms with Gasteiger partial charge in [-0.05, 0) is 52.6 Å². The molecule has 6 nitrogen and oxygen atoms in total. The van der Waals surface area contributed by atoms with Gasteiger partial charge in [0, 0.05) is 0 Å². The van der Waals surface area contributed by atoms with Gasteiger partial charge in [0.1, 0.15) is 5.82 Å². The Morgan fingerprint density at radius 2 is 2.10 bits per heavy atom. The average Bonchev–Trinajstić information content (AvgIpc) is 3.10. The molecule has 0 amide bonds. The first-order valence-corrected chi connectivity index (χ1v) is 7.27. The van der Waals surface area contributed by atoms with Crippen LogP contribution in [0.2, 0.25) is 10.0 Å². The Morgan fingerprint density at radius 1 is 1.19 bits per heavy atom. The Bertz CT molecular complexity index is 831. The normalized spacial score (nSPS) is 17.1. The molecule has 1 N–H and O–H groups in total. The molecule has 1 aliphatic rings. The van der Waals surface area contributed by atoms with Crippen LogP contribution in [0.15, 0.2) is 24.3 Å². The van der Waals surface area contributed by atoms with Gasteiger partial charge >= 0.3 is 0 Å². The lowest BCUT2D eigenvalue weighted by atomic mass is 10.1. The number of hydrogen-bond donors (Lipinski definition) is 1. The summed E-state index contributed by atoms with van der Waals surface area (Å²) in [6.45, 7) is 0. The standard InChI is InChI=1S/C13H10Cl2N6/c14-9-3-1-7-8(13(9)15)2-4-10(7)16-11-5-6-12-17-19-20-21(12)18-11/h1,3,5-6,10H,2,4H2,(H,16,18)/t10-/m0/s1. The van der Waals surface area contributed by atoms with Crippen molar-refractivity contribution < 1.29 is 0 Å². The molecule has 21 heavy (non-hydrogen) atoms. The fourth-order valence-corrected chi connectivity index (χ4v) is 3.13. The lowest BCUT2D eigenvalue weighted by Gasteiger charge is -2.15. The molecule has 0 unspecified atom stereocenters. The third kappa shape index (κ3) is 2.11. The number of fused-ring (bicyclic) bond motifs is 2. The summed E-state index contributed by atoms with van der Waals surface area (Å²) in [5, 5.41) is 20.2. The maximum atomic E-state index is 6.26. The summed E-state index contributed by atoms with van der Waals surface area (Å²) in [5.41, 5.74) is 2.90. The monoisotopic (exact) mass is 320 g/mol. The highest BCUT2D eigenvalue weighted by atomic mass is 35.5. The lowest BCUT2D eigenvalue weighted by Crippen LogP contribution is -2.10. The van der Waals surface area contributed by atoms with Crippen molar-refractivity contribution in [2.24, 2.45) is 0 Å². The zero-order valence-electron chi connectivity index (χ0n) is 10.8. The van der Waals surface area contributed by atoms with Crippen molar-refractivity contribution >= 4 is 34.7 Å². The molecular formula is C13H10Cl2N6. The molecule has 106 valence electrons. The van der Waals surface area contributed by atoms with Gasteiger partial charge in [-0.25, -0.2) is 0 Å². The number of aromatic nitrogens is 5. The zero-order chi connectivity index (χ0) is 14.4. The Kier molecular flexibility index (Phi) is 2.94. The third-order valence-electron chi connectivity index (χ3n) is 3.68. The van der Waals surface area contributed by atoms with E-state index in [1.807, 2.05) is 24.3 Å². The Labute approximate surface area is 130 Å². The minimum Gasteiger partial charge on any atom is -0.362 e. The summed E-state index contributed by atoms with van der Waals surface area (Å²) in [6.07, 6.45) is 1.85. The molecule has 2 heterocycles. The summed E-state index contributed by atoms with van der Waals surface area (Å²) in [7, 11) is 0. The molecular weight excluding hydrogens is 311 g/mol. The van der Waals surface area contributed by atoms with Gasteiger partial charge in [-0.1, -0.05) is 29.3 Å². The van der Waals surface area contributed by atoms with Gasteiger partial charge in [0.05, 0.1) is 16.1 Å². The highest BCUT2D eigenvalue weighted by Gasteiger charge is 2.25. The first-order chi connectivity index (χ1) is 10.2. The van der Waals surface area contributed by atoms with Crippen LogP contribution >= 0.6 is 23.2 Å². The van der Waals surface area contributed by atoms with E-state index in [0.29, 0.717) is 15.7 Å². The predicted octanol–water partition coefficient (Wildman–Crippen LogP) is 2.93. The molecule has 8 heteroatoms. The van der Waals surface area contributed by atoms with E-state index in [9.17, 15) is 0 Å². The number of halogens is 2. The smallest absolute Gasteiger partial charge is 0.200 e. The van der Waals surface area contributed by atoms with Crippen LogP contribution in [0.1, 0.15) is 23.6 Å². The fraction of sp³-hybridized carbons (Fsp3) is 0.231. The van der Waals surface area contributed by atoms with Crippen molar-refractivity contribution in [3.05, 3.63) is 45.4 Å². The first kappa shape index (κ1) is 12.8. The number of hydrogen-bond acceptors (Lipinski definition) is 5. The second-order valence-corrected chi connectivity index (χ2v) is 5.70. The van der Waals surface area contributed by atoms with Crippen molar-refractivity contribution in [1.29, 1.82) is 0 Å². The van der Waals surface area contributed by atoms with Gasteiger partial charge < -0.3 is 5.32 Å². The molecule has 2 aromatic heterocycles. The minimum atomic E-state index is 0.163. The van der Waals surface area contributed by atoms with E-state index in [1.54, 1.807) is 0 Å². The number of rotatable bonds is 2. The molecule has 1 atom stereocenters. The highest BCUT2D eigenvalue weighted by molar-refractivity contribution is 6.42. The van der Waals surface area contributed by atoms with Crippen LogP contribution in [-0.2, 0) is 6.42 Å². The second kappa shape index (κ2) is 4.82. The molecule has 0 fully saturated rings. The maximum absolute atomic E-state index is 6.26. The molecule has 0 saturated carbocycles. The van der Waals surface area contributed by atoms with E-state index in [1.165, 1.54) is 10.2 Å². The van der Waals surface area contributed by atoms with E-state index in [4.69, 9.17) is 23.2 Å². The van der Waals surface area contributed by atoms with Gasteiger partial charge in [0.15, 0.2) is 5.65 Å². The minimum absolute atomic E-state index is 0.163. The summed E-state index contributed by atoms with van der Waals surface area (Å²) in [6, 6.07) is 7.70. The van der Waals surface area contributed by atoms with Crippen LogP contribution in [0.4, 0.5) is 5.82 Å². The topological polar surface area (TPSA) is 68.0 Å². The van der Waals surface area contributed by atoms with Gasteiger partial charge in [0.25, 0.3) is 0 Å². The largest absolute Gasteiger partial charge is 0.362 e. The van der Waals surface area contributed by atoms with E-state index < -0.39 is 0 Å². The summed E-state index contributed by atoms with van der Waals surface area (Å²) in [4.78, 5) is 0. The van der Waals surface area contributed by atoms with E-state index in [2.05, 4.69) is 25.9 Å². The van der Waals surface area contributed by atoms with Crippen LogP contribution in [0, 0.1) is 0 Å². The van der Waals surface area contributed by atoms with Crippen molar-refractivity contribution in [2.75, 3.05) is 5.32 Å². The van der Waals surface area contributed by atoms with Crippen LogP contribution < -0.4 is 5.32 Å². The van der Waals surface area contributed by atoms with E-state index in [0.717, 1.165) is 24.2 Å². The maximum Gasteiger partial charge on any atom is 0.200 e. The molecule has 3 aromatic rings. The van der Waals surface area contributed by atoms with E-state index in [-0.39, 0.29) is 6.04 Å². The number of anilines is 1. The van der Waals surface area contributed by atoms with Crippen molar-refractivity contribution in [3.63, 3.8) is 0 Å². The lowest BCUT2D eigenvalue weighted by molar-refractivity contribution is 0.713. The number of nitrogens with zero attached hydrogens (tertiary/aromatic N) is 5. The Balaban J connectivity index is 1.66. The molecule has 0 spiro atoms. The van der Waals surface area contributed by atoms with Gasteiger partial charge in [-0.2, -0.15) is 0 Å². The number of benzene rings is 1. The average molecular weight is 321 g/mol. The first-order valence-electron chi connectivity index (χ1n) is 6.51. The zero-order valence-corrected chi connectivity index (χ0v) is 12.3. The molecule has 1 aromatic carbocycles. The molecule has 0 radical (unpaired) electrons. The number of tetrazole rings is 1. The predicted molar refractivity (Wildman–Crippen MR) is 79.7 cm³/mol. The second-order valence-electron chi connectivity index (χ2n) is 4.91. The Hall–Kier alpha value is -1.92. The van der Waals surface area contributed by atoms with Crippen molar-refractivity contribution in [2.45, 2.75) is 18.9 Å². The fourth-order valence-electron chi connectivity index (χ4n) is 2.69. The van der Waals surface area contributed by atoms with Gasteiger partial charge in [-0.15, -0.1) is 14.8 Å². The van der Waals surface area contributed by atoms with Crippen LogP contribution in [0.3, 0.4) is 0 Å². The molecule has 0 bridgehead atoms. The third-order valence-corrected chi connectivity index (χ3v) is 4.53. The summed E-state index contributed by atoms with van der Waals surface area (Å²) >= 11 is 12.3. The number of nitrogens with one attached hydrogen (secondary N) is 1. The summed E-state index contributed by atoms with van der Waals surface area (Å²) < 4.78 is 1.40. The SMILES string of the molecule is Clc1ccc2c(c1Cl)CC[C@@H]2Nc1ccc2nnnn2n1. The Morgan fingerprint density at radius 3 is 3.00 bits per heavy atom. The molecule has 0 aliphatic heterocycles. The summed E-state index contributed by atoms with van der Waals surface area (Å²) in [5.74, 6) is 0.721. The highest BCUT2D eigenvalue weighted by Crippen LogP contribution is 2.40. The van der Waals surface area contributed by atoms with Crippen LogP contribution in [0.5, 0.6) is 0 Å². The molecule has 0 saturated heterocycles. The van der Waals surface area contributed by atoms with Crippen LogP contribution in [0.25, 0.3) is 5.65 Å². The molecule has 4 rings (SSSR count). The van der Waals surface area contributed by atoms with Crippen molar-refractivity contribution in [3.8, 4) is 0 Å².